The molecular weight excluding hydrogens is 332 g/mol. The first-order chi connectivity index (χ1) is 13.3. The Morgan fingerprint density at radius 1 is 0.926 bits per heavy atom. The quantitative estimate of drug-likeness (QED) is 0.626. The van der Waals surface area contributed by atoms with Gasteiger partial charge in [0.05, 0.1) is 5.69 Å². The average molecular weight is 352 g/mol. The number of carbonyl (C=O) groups is 1. The molecule has 1 aromatic heterocycles. The minimum Gasteiger partial charge on any atom is -0.333 e. The van der Waals surface area contributed by atoms with E-state index in [9.17, 15) is 4.79 Å². The number of para-hydroxylation sites is 1. The molecule has 0 N–H and O–H groups in total. The molecule has 3 aromatic rings. The van der Waals surface area contributed by atoms with Gasteiger partial charge in [-0.05, 0) is 54.0 Å². The van der Waals surface area contributed by atoms with E-state index in [1.165, 1.54) is 0 Å². The lowest BCUT2D eigenvalue weighted by Gasteiger charge is -2.33. The summed E-state index contributed by atoms with van der Waals surface area (Å²) in [6.07, 6.45) is 6.90. The fraction of sp³-hybridized carbons (Fsp3) is 0.0833. The third kappa shape index (κ3) is 3.32. The summed E-state index contributed by atoms with van der Waals surface area (Å²) < 4.78 is 0. The molecule has 0 fully saturated rings. The van der Waals surface area contributed by atoms with Crippen LogP contribution in [0.1, 0.15) is 16.8 Å². The molecule has 0 saturated carbocycles. The van der Waals surface area contributed by atoms with E-state index >= 15 is 0 Å². The lowest BCUT2D eigenvalue weighted by Crippen LogP contribution is -2.35. The first-order valence-corrected chi connectivity index (χ1v) is 8.97. The smallest absolute Gasteiger partial charge is 0.147 e. The van der Waals surface area contributed by atoms with Crippen LogP contribution in [-0.4, -0.2) is 17.3 Å². The van der Waals surface area contributed by atoms with Crippen LogP contribution in [0.15, 0.2) is 91.3 Å². The van der Waals surface area contributed by atoms with Gasteiger partial charge >= 0.3 is 0 Å². The maximum absolute atomic E-state index is 12.2. The molecule has 1 atom stereocenters. The minimum atomic E-state index is -0.388. The molecule has 132 valence electrons. The van der Waals surface area contributed by atoms with Crippen molar-refractivity contribution in [2.75, 3.05) is 4.90 Å². The second-order valence-corrected chi connectivity index (χ2v) is 6.54. The van der Waals surface area contributed by atoms with Crippen molar-refractivity contribution < 1.29 is 4.79 Å². The lowest BCUT2D eigenvalue weighted by molar-refractivity contribution is -0.107. The van der Waals surface area contributed by atoms with Crippen LogP contribution in [0, 0.1) is 6.92 Å². The van der Waals surface area contributed by atoms with Gasteiger partial charge in [0.1, 0.15) is 12.3 Å². The summed E-state index contributed by atoms with van der Waals surface area (Å²) in [6, 6.07) is 23.6. The van der Waals surface area contributed by atoms with Crippen LogP contribution in [0.5, 0.6) is 0 Å². The van der Waals surface area contributed by atoms with Gasteiger partial charge in [0.25, 0.3) is 0 Å². The maximum atomic E-state index is 12.2. The van der Waals surface area contributed by atoms with E-state index in [2.05, 4.69) is 30.1 Å². The van der Waals surface area contributed by atoms with Crippen LogP contribution in [-0.2, 0) is 4.79 Å². The highest BCUT2D eigenvalue weighted by Gasteiger charge is 2.27. The Bertz CT molecular complexity index is 1010. The highest BCUT2D eigenvalue weighted by atomic mass is 16.1. The summed E-state index contributed by atoms with van der Waals surface area (Å²) in [5.41, 5.74) is 6.05. The zero-order valence-electron chi connectivity index (χ0n) is 15.1. The highest BCUT2D eigenvalue weighted by molar-refractivity contribution is 5.98. The molecule has 0 spiro atoms. The second kappa shape index (κ2) is 7.42. The van der Waals surface area contributed by atoms with Gasteiger partial charge in [-0.3, -0.25) is 4.98 Å². The molecule has 0 radical (unpaired) electrons. The average Bonchev–Trinajstić information content (AvgIpc) is 2.74. The second-order valence-electron chi connectivity index (χ2n) is 6.54. The standard InChI is InChI=1S/C24H20N2O/c1-18-9-5-6-12-21(18)22-15-19(23-13-7-8-14-25-23)16-26(24(22)17-27)20-10-3-2-4-11-20/h2-17,24H,1H3. The van der Waals surface area contributed by atoms with E-state index in [4.69, 9.17) is 0 Å². The number of hydrogen-bond donors (Lipinski definition) is 0. The number of allylic oxidation sites excluding steroid dienone is 2. The van der Waals surface area contributed by atoms with Crippen molar-refractivity contribution in [3.63, 3.8) is 0 Å². The van der Waals surface area contributed by atoms with Crippen molar-refractivity contribution >= 4 is 23.1 Å². The Balaban J connectivity index is 1.91. The van der Waals surface area contributed by atoms with Gasteiger partial charge in [0.15, 0.2) is 0 Å². The fourth-order valence-electron chi connectivity index (χ4n) is 3.45. The molecule has 0 bridgehead atoms. The lowest BCUT2D eigenvalue weighted by atomic mass is 9.89. The van der Waals surface area contributed by atoms with E-state index in [1.54, 1.807) is 6.20 Å². The molecule has 2 aromatic carbocycles. The minimum absolute atomic E-state index is 0.388. The largest absolute Gasteiger partial charge is 0.333 e. The Kier molecular flexibility index (Phi) is 4.67. The fourth-order valence-corrected chi connectivity index (χ4v) is 3.45. The summed E-state index contributed by atoms with van der Waals surface area (Å²) >= 11 is 0. The first-order valence-electron chi connectivity index (χ1n) is 8.97. The van der Waals surface area contributed by atoms with E-state index in [-0.39, 0.29) is 6.04 Å². The topological polar surface area (TPSA) is 33.2 Å². The summed E-state index contributed by atoms with van der Waals surface area (Å²) in [6.45, 7) is 2.07. The Hall–Kier alpha value is -3.46. The highest BCUT2D eigenvalue weighted by Crippen LogP contribution is 2.35. The normalized spacial score (nSPS) is 16.5. The molecule has 4 rings (SSSR count). The van der Waals surface area contributed by atoms with Crippen molar-refractivity contribution in [1.82, 2.24) is 4.98 Å². The SMILES string of the molecule is Cc1ccccc1C1=CC(c2ccccn2)=CN(c2ccccc2)C1C=O. The molecule has 0 saturated heterocycles. The van der Waals surface area contributed by atoms with E-state index < -0.39 is 0 Å². The van der Waals surface area contributed by atoms with Gasteiger partial charge in [0.2, 0.25) is 0 Å². The third-order valence-electron chi connectivity index (χ3n) is 4.81. The monoisotopic (exact) mass is 352 g/mol. The van der Waals surface area contributed by atoms with E-state index in [0.29, 0.717) is 0 Å². The molecule has 1 aliphatic heterocycles. The number of hydrogen-bond acceptors (Lipinski definition) is 3. The van der Waals surface area contributed by atoms with Crippen molar-refractivity contribution in [3.8, 4) is 0 Å². The molecule has 1 aliphatic rings. The Labute approximate surface area is 159 Å². The molecule has 0 amide bonds. The molecule has 1 unspecified atom stereocenters. The number of aldehydes is 1. The molecule has 0 aliphatic carbocycles. The zero-order valence-corrected chi connectivity index (χ0v) is 15.1. The van der Waals surface area contributed by atoms with E-state index in [1.807, 2.05) is 71.8 Å². The van der Waals surface area contributed by atoms with Crippen LogP contribution in [0.2, 0.25) is 0 Å². The number of rotatable bonds is 4. The van der Waals surface area contributed by atoms with Crippen LogP contribution < -0.4 is 4.90 Å². The van der Waals surface area contributed by atoms with Crippen LogP contribution >= 0.6 is 0 Å². The van der Waals surface area contributed by atoms with Crippen molar-refractivity contribution in [2.24, 2.45) is 0 Å². The van der Waals surface area contributed by atoms with Crippen LogP contribution in [0.25, 0.3) is 11.1 Å². The van der Waals surface area contributed by atoms with Gasteiger partial charge in [-0.15, -0.1) is 0 Å². The Morgan fingerprint density at radius 2 is 1.67 bits per heavy atom. The van der Waals surface area contributed by atoms with Gasteiger partial charge in [-0.25, -0.2) is 0 Å². The maximum Gasteiger partial charge on any atom is 0.147 e. The van der Waals surface area contributed by atoms with E-state index in [0.717, 1.165) is 39.9 Å². The van der Waals surface area contributed by atoms with Gasteiger partial charge in [-0.2, -0.15) is 0 Å². The molecular formula is C24H20N2O. The predicted octanol–water partition coefficient (Wildman–Crippen LogP) is 4.90. The summed E-state index contributed by atoms with van der Waals surface area (Å²) in [5, 5.41) is 0. The molecule has 3 heteroatoms. The molecule has 3 nitrogen and oxygen atoms in total. The number of carbonyl (C=O) groups excluding carboxylic acids is 1. The van der Waals surface area contributed by atoms with Crippen molar-refractivity contribution in [1.29, 1.82) is 0 Å². The van der Waals surface area contributed by atoms with Crippen molar-refractivity contribution in [3.05, 3.63) is 108 Å². The summed E-state index contributed by atoms with van der Waals surface area (Å²) in [5.74, 6) is 0. The zero-order chi connectivity index (χ0) is 18.6. The number of pyridine rings is 1. The summed E-state index contributed by atoms with van der Waals surface area (Å²) in [7, 11) is 0. The number of nitrogens with zero attached hydrogens (tertiary/aromatic N) is 2. The summed E-state index contributed by atoms with van der Waals surface area (Å²) in [4.78, 5) is 18.7. The number of benzene rings is 2. The van der Waals surface area contributed by atoms with Gasteiger partial charge in [0, 0.05) is 23.7 Å². The van der Waals surface area contributed by atoms with Gasteiger partial charge < -0.3 is 9.69 Å². The van der Waals surface area contributed by atoms with Gasteiger partial charge in [-0.1, -0.05) is 48.5 Å². The number of aromatic nitrogens is 1. The van der Waals surface area contributed by atoms with Crippen molar-refractivity contribution in [2.45, 2.75) is 13.0 Å². The number of anilines is 1. The number of aryl methyl sites for hydroxylation is 1. The first kappa shape index (κ1) is 17.0. The third-order valence-corrected chi connectivity index (χ3v) is 4.81. The predicted molar refractivity (Wildman–Crippen MR) is 110 cm³/mol. The molecule has 2 heterocycles. The molecule has 27 heavy (non-hydrogen) atoms. The van der Waals surface area contributed by atoms with Crippen LogP contribution in [0.3, 0.4) is 0 Å². The Morgan fingerprint density at radius 3 is 2.37 bits per heavy atom. The van der Waals surface area contributed by atoms with Crippen LogP contribution in [0.4, 0.5) is 5.69 Å².